The van der Waals surface area contributed by atoms with Gasteiger partial charge in [-0.1, -0.05) is 68.4 Å². The Balaban J connectivity index is 1.25. The van der Waals surface area contributed by atoms with Crippen LogP contribution in [0, 0.1) is 26.2 Å². The van der Waals surface area contributed by atoms with Gasteiger partial charge in [-0.25, -0.2) is 15.0 Å². The quantitative estimate of drug-likeness (QED) is 0.181. The molecule has 7 nitrogen and oxygen atoms in total. The van der Waals surface area contributed by atoms with Gasteiger partial charge in [0.1, 0.15) is 28.4 Å². The smallest absolute Gasteiger partial charge is 0.237 e. The van der Waals surface area contributed by atoms with Crippen LogP contribution in [-0.4, -0.2) is 31.0 Å². The number of ether oxygens (including phenoxy) is 2. The van der Waals surface area contributed by atoms with Crippen molar-refractivity contribution in [2.24, 2.45) is 10.4 Å². The maximum absolute atomic E-state index is 9.67. The normalized spacial score (nSPS) is 21.4. The lowest BCUT2D eigenvalue weighted by Crippen LogP contribution is -2.54. The topological polar surface area (TPSA) is 74.4 Å². The number of hydrogen-bond acceptors (Lipinski definition) is 6. The van der Waals surface area contributed by atoms with Gasteiger partial charge in [-0.3, -0.25) is 9.55 Å². The fraction of sp³-hybridized carbons (Fsp3) is 0.404. The lowest BCUT2D eigenvalue weighted by atomic mass is 9.66. The summed E-state index contributed by atoms with van der Waals surface area (Å²) in [5.74, 6) is 1.55. The number of fused-ring (bicyclic) bond motifs is 6. The van der Waals surface area contributed by atoms with Gasteiger partial charge in [-0.2, -0.15) is 0 Å². The molecule has 1 aliphatic heterocycles. The molecule has 0 amide bonds. The molecule has 2 atom stereocenters. The first-order valence-corrected chi connectivity index (χ1v) is 19.0. The van der Waals surface area contributed by atoms with Crippen LogP contribution in [-0.2, 0) is 27.5 Å². The standard InChI is InChI=1S/C47H53N5O2/c1-27-19-31(52-39-17-16-30(43(4,5)6)22-35(39)34-15-14-18-48-41(34)52)23-32(20-27)53-33-24-37(50-40(25-33)44(7,8)9)42-51-46(13)36-21-28(2)29(3)49-38(36)26-47(46,54-42)45(10,11)12/h14-25H,26H2,1-13H3/t46-,47-/m1/s1/i26D2. The predicted molar refractivity (Wildman–Crippen MR) is 220 cm³/mol. The van der Waals surface area contributed by atoms with E-state index in [2.05, 4.69) is 89.4 Å². The van der Waals surface area contributed by atoms with E-state index < -0.39 is 22.9 Å². The van der Waals surface area contributed by atoms with E-state index in [0.717, 1.165) is 55.7 Å². The minimum atomic E-state index is -1.95. The summed E-state index contributed by atoms with van der Waals surface area (Å²) in [6, 6.07) is 23.0. The molecule has 0 saturated heterocycles. The van der Waals surface area contributed by atoms with Crippen LogP contribution in [0.1, 0.15) is 117 Å². The molecule has 0 fully saturated rings. The van der Waals surface area contributed by atoms with Crippen molar-refractivity contribution in [3.63, 3.8) is 0 Å². The lowest BCUT2D eigenvalue weighted by Gasteiger charge is -2.45. The van der Waals surface area contributed by atoms with Gasteiger partial charge in [0.05, 0.1) is 22.6 Å². The van der Waals surface area contributed by atoms with E-state index in [0.29, 0.717) is 28.8 Å². The van der Waals surface area contributed by atoms with Crippen LogP contribution in [0.4, 0.5) is 0 Å². The number of aryl methyl sites for hydroxylation is 3. The van der Waals surface area contributed by atoms with Gasteiger partial charge in [-0.05, 0) is 92.3 Å². The zero-order valence-corrected chi connectivity index (χ0v) is 34.0. The van der Waals surface area contributed by atoms with E-state index in [-0.39, 0.29) is 10.8 Å². The molecule has 54 heavy (non-hydrogen) atoms. The average molecular weight is 722 g/mol. The van der Waals surface area contributed by atoms with Gasteiger partial charge in [0, 0.05) is 66.4 Å². The molecule has 0 spiro atoms. The molecule has 5 heterocycles. The molecule has 6 aromatic rings. The summed E-state index contributed by atoms with van der Waals surface area (Å²) in [5, 5.41) is 2.26. The minimum Gasteiger partial charge on any atom is -0.466 e. The maximum atomic E-state index is 9.67. The Bertz CT molecular complexity index is 2640. The van der Waals surface area contributed by atoms with E-state index in [1.165, 1.54) is 5.56 Å². The van der Waals surface area contributed by atoms with Crippen molar-refractivity contribution in [1.82, 2.24) is 19.5 Å². The molecule has 1 aliphatic carbocycles. The highest BCUT2D eigenvalue weighted by atomic mass is 16.5. The van der Waals surface area contributed by atoms with Crippen molar-refractivity contribution in [3.8, 4) is 17.2 Å². The van der Waals surface area contributed by atoms with Crippen LogP contribution < -0.4 is 4.74 Å². The van der Waals surface area contributed by atoms with Crippen LogP contribution in [0.2, 0.25) is 0 Å². The second-order valence-electron chi connectivity index (χ2n) is 18.6. The first kappa shape index (κ1) is 33.5. The van der Waals surface area contributed by atoms with Crippen molar-refractivity contribution in [2.75, 3.05) is 0 Å². The molecule has 7 heteroatoms. The van der Waals surface area contributed by atoms with E-state index in [4.69, 9.17) is 29.4 Å². The van der Waals surface area contributed by atoms with Crippen molar-refractivity contribution < 1.29 is 12.2 Å². The van der Waals surface area contributed by atoms with Gasteiger partial charge in [-0.15, -0.1) is 0 Å². The Morgan fingerprint density at radius 3 is 2.26 bits per heavy atom. The molecule has 0 bridgehead atoms. The van der Waals surface area contributed by atoms with Crippen LogP contribution >= 0.6 is 0 Å². The third-order valence-electron chi connectivity index (χ3n) is 11.3. The van der Waals surface area contributed by atoms with Crippen molar-refractivity contribution in [1.29, 1.82) is 0 Å². The highest BCUT2D eigenvalue weighted by molar-refractivity contribution is 6.08. The van der Waals surface area contributed by atoms with E-state index in [9.17, 15) is 2.74 Å². The second-order valence-corrected chi connectivity index (χ2v) is 18.6. The fourth-order valence-electron chi connectivity index (χ4n) is 8.15. The third-order valence-corrected chi connectivity index (χ3v) is 11.3. The summed E-state index contributed by atoms with van der Waals surface area (Å²) in [6.07, 6.45) is -0.106. The van der Waals surface area contributed by atoms with E-state index >= 15 is 0 Å². The summed E-state index contributed by atoms with van der Waals surface area (Å²) >= 11 is 0. The summed E-state index contributed by atoms with van der Waals surface area (Å²) in [6.45, 7) is 27.1. The first-order chi connectivity index (χ1) is 26.0. The SMILES string of the molecule is [2H]C1([2H])c2nc(C)c(C)cc2[C@@]2(C)N=C(c3cc(Oc4cc(C)cc(-n5c6ccc(C(C)(C)C)cc6c6cccnc65)c4)cc(C(C)(C)C)n3)O[C@@]12C(C)(C)C. The molecule has 4 aromatic heterocycles. The summed E-state index contributed by atoms with van der Waals surface area (Å²) in [5.41, 5.74) is 5.97. The fourth-order valence-corrected chi connectivity index (χ4v) is 8.15. The number of rotatable bonds is 4. The van der Waals surface area contributed by atoms with Crippen LogP contribution in [0.25, 0.3) is 27.6 Å². The molecule has 8 rings (SSSR count). The highest BCUT2D eigenvalue weighted by Gasteiger charge is 2.67. The van der Waals surface area contributed by atoms with Gasteiger partial charge < -0.3 is 9.47 Å². The van der Waals surface area contributed by atoms with Gasteiger partial charge in [0.15, 0.2) is 5.60 Å². The Morgan fingerprint density at radius 2 is 1.56 bits per heavy atom. The third kappa shape index (κ3) is 5.53. The van der Waals surface area contributed by atoms with Crippen LogP contribution in [0.5, 0.6) is 11.5 Å². The molecule has 0 unspecified atom stereocenters. The molecule has 0 radical (unpaired) electrons. The van der Waals surface area contributed by atoms with Crippen LogP contribution in [0.15, 0.2) is 77.9 Å². The zero-order valence-electron chi connectivity index (χ0n) is 36.0. The van der Waals surface area contributed by atoms with Crippen molar-refractivity contribution >= 4 is 27.8 Å². The zero-order chi connectivity index (χ0) is 40.5. The Morgan fingerprint density at radius 1 is 0.815 bits per heavy atom. The number of pyridine rings is 3. The van der Waals surface area contributed by atoms with Crippen molar-refractivity contribution in [3.05, 3.63) is 118 Å². The predicted octanol–water partition coefficient (Wildman–Crippen LogP) is 11.3. The maximum Gasteiger partial charge on any atom is 0.237 e. The molecule has 278 valence electrons. The Hall–Kier alpha value is -5.04. The summed E-state index contributed by atoms with van der Waals surface area (Å²) in [7, 11) is 0. The molecule has 2 aliphatic rings. The Labute approximate surface area is 322 Å². The second kappa shape index (κ2) is 11.7. The van der Waals surface area contributed by atoms with Gasteiger partial charge >= 0.3 is 0 Å². The number of hydrogen-bond donors (Lipinski definition) is 0. The number of aliphatic imine (C=N–C) groups is 1. The summed E-state index contributed by atoms with van der Waals surface area (Å²) < 4.78 is 35.3. The number of aromatic nitrogens is 4. The minimum absolute atomic E-state index is 0.00873. The summed E-state index contributed by atoms with van der Waals surface area (Å²) in [4.78, 5) is 20.1. The highest BCUT2D eigenvalue weighted by Crippen LogP contribution is 2.60. The Kier molecular flexibility index (Phi) is 7.28. The first-order valence-electron chi connectivity index (χ1n) is 20.0. The van der Waals surface area contributed by atoms with Crippen molar-refractivity contribution in [2.45, 2.75) is 118 Å². The lowest BCUT2D eigenvalue weighted by molar-refractivity contribution is -0.0677. The molecular weight excluding hydrogens is 667 g/mol. The van der Waals surface area contributed by atoms with Gasteiger partial charge in [0.25, 0.3) is 0 Å². The molecule has 2 aromatic carbocycles. The largest absolute Gasteiger partial charge is 0.466 e. The number of benzene rings is 2. The van der Waals surface area contributed by atoms with Crippen LogP contribution in [0.3, 0.4) is 0 Å². The molecular formula is C47H53N5O2. The van der Waals surface area contributed by atoms with E-state index in [1.807, 2.05) is 78.1 Å². The number of nitrogens with zero attached hydrogens (tertiary/aromatic N) is 5. The molecule has 0 saturated carbocycles. The van der Waals surface area contributed by atoms with Gasteiger partial charge in [0.2, 0.25) is 5.90 Å². The average Bonchev–Trinajstić information content (AvgIpc) is 3.65. The monoisotopic (exact) mass is 721 g/mol. The van der Waals surface area contributed by atoms with E-state index in [1.54, 1.807) is 0 Å². The molecule has 0 N–H and O–H groups in total.